The molecule has 2 aromatic carbocycles. The van der Waals surface area contributed by atoms with Crippen molar-refractivity contribution in [3.8, 4) is 5.75 Å². The lowest BCUT2D eigenvalue weighted by Crippen LogP contribution is -2.53. The summed E-state index contributed by atoms with van der Waals surface area (Å²) in [6.45, 7) is 9.76. The number of carbonyl (C=O) groups excluding carboxylic acids is 3. The van der Waals surface area contributed by atoms with E-state index in [1.165, 1.54) is 0 Å². The van der Waals surface area contributed by atoms with Gasteiger partial charge in [0.25, 0.3) is 0 Å². The van der Waals surface area contributed by atoms with Gasteiger partial charge in [-0.3, -0.25) is 14.4 Å². The molecule has 3 aliphatic rings. The van der Waals surface area contributed by atoms with Gasteiger partial charge in [0.2, 0.25) is 11.8 Å². The highest BCUT2D eigenvalue weighted by molar-refractivity contribution is 6.02. The average Bonchev–Trinajstić information content (AvgIpc) is 3.25. The topological polar surface area (TPSA) is 66.9 Å². The van der Waals surface area contributed by atoms with Crippen molar-refractivity contribution < 1.29 is 19.1 Å². The standard InChI is InChI=1S/C30H36N2O4/c1-5-21-8-7-9-22(6-2)28(21)32-18-23(16-27(32)34)29(35)31-12-10-30(11-13-31)17-25(33)24-14-19(3)20(4)15-26(24)36-30/h7-9,14-15,23H,5-6,10-13,16-18H2,1-4H3. The van der Waals surface area contributed by atoms with Crippen molar-refractivity contribution >= 4 is 23.3 Å². The maximum atomic E-state index is 13.5. The third-order valence-corrected chi connectivity index (χ3v) is 8.40. The van der Waals surface area contributed by atoms with Gasteiger partial charge < -0.3 is 14.5 Å². The van der Waals surface area contributed by atoms with E-state index in [1.807, 2.05) is 41.8 Å². The molecule has 3 aliphatic heterocycles. The van der Waals surface area contributed by atoms with Crippen LogP contribution in [0.4, 0.5) is 5.69 Å². The van der Waals surface area contributed by atoms with Crippen LogP contribution in [0.5, 0.6) is 5.75 Å². The maximum absolute atomic E-state index is 13.5. The summed E-state index contributed by atoms with van der Waals surface area (Å²) in [6, 6.07) is 10.1. The molecule has 1 unspecified atom stereocenters. The number of hydrogen-bond acceptors (Lipinski definition) is 4. The first-order valence-electron chi connectivity index (χ1n) is 13.3. The number of para-hydroxylation sites is 1. The van der Waals surface area contributed by atoms with Gasteiger partial charge in [0.15, 0.2) is 5.78 Å². The van der Waals surface area contributed by atoms with E-state index in [2.05, 4.69) is 26.0 Å². The zero-order valence-electron chi connectivity index (χ0n) is 21.9. The number of likely N-dealkylation sites (tertiary alicyclic amines) is 1. The number of amides is 2. The van der Waals surface area contributed by atoms with E-state index in [0.717, 1.165) is 40.8 Å². The summed E-state index contributed by atoms with van der Waals surface area (Å²) in [5, 5.41) is 0. The number of benzene rings is 2. The molecule has 190 valence electrons. The predicted molar refractivity (Wildman–Crippen MR) is 140 cm³/mol. The van der Waals surface area contributed by atoms with Crippen LogP contribution in [0, 0.1) is 19.8 Å². The van der Waals surface area contributed by atoms with Crippen LogP contribution in [0.3, 0.4) is 0 Å². The van der Waals surface area contributed by atoms with Crippen LogP contribution in [0.2, 0.25) is 0 Å². The largest absolute Gasteiger partial charge is 0.486 e. The van der Waals surface area contributed by atoms with E-state index in [-0.39, 0.29) is 29.9 Å². The molecular formula is C30H36N2O4. The van der Waals surface area contributed by atoms with E-state index in [9.17, 15) is 14.4 Å². The predicted octanol–water partition coefficient (Wildman–Crippen LogP) is 4.81. The van der Waals surface area contributed by atoms with Gasteiger partial charge in [-0.2, -0.15) is 0 Å². The molecule has 6 heteroatoms. The summed E-state index contributed by atoms with van der Waals surface area (Å²) in [5.74, 6) is 0.536. The number of ether oxygens (including phenoxy) is 1. The molecule has 0 aromatic heterocycles. The molecule has 5 rings (SSSR count). The third kappa shape index (κ3) is 4.21. The molecule has 0 aliphatic carbocycles. The lowest BCUT2D eigenvalue weighted by Gasteiger charge is -2.44. The summed E-state index contributed by atoms with van der Waals surface area (Å²) >= 11 is 0. The van der Waals surface area contributed by atoms with Gasteiger partial charge in [0.1, 0.15) is 11.4 Å². The second-order valence-electron chi connectivity index (χ2n) is 10.7. The van der Waals surface area contributed by atoms with E-state index < -0.39 is 5.60 Å². The van der Waals surface area contributed by atoms with Crippen molar-refractivity contribution in [3.05, 3.63) is 58.1 Å². The Morgan fingerprint density at radius 2 is 1.67 bits per heavy atom. The maximum Gasteiger partial charge on any atom is 0.228 e. The minimum Gasteiger partial charge on any atom is -0.486 e. The molecule has 2 fully saturated rings. The van der Waals surface area contributed by atoms with E-state index in [0.29, 0.717) is 50.2 Å². The Balaban J connectivity index is 1.27. The number of ketones is 1. The number of rotatable bonds is 4. The molecule has 1 atom stereocenters. The molecule has 6 nitrogen and oxygen atoms in total. The smallest absolute Gasteiger partial charge is 0.228 e. The summed E-state index contributed by atoms with van der Waals surface area (Å²) in [4.78, 5) is 43.2. The molecule has 0 radical (unpaired) electrons. The number of hydrogen-bond donors (Lipinski definition) is 0. The Hall–Kier alpha value is -3.15. The molecule has 0 bridgehead atoms. The zero-order chi connectivity index (χ0) is 25.6. The summed E-state index contributed by atoms with van der Waals surface area (Å²) in [7, 11) is 0. The second-order valence-corrected chi connectivity index (χ2v) is 10.7. The van der Waals surface area contributed by atoms with Gasteiger partial charge in [0, 0.05) is 44.6 Å². The van der Waals surface area contributed by atoms with Gasteiger partial charge in [-0.05, 0) is 61.1 Å². The molecule has 2 aromatic rings. The number of nitrogens with zero attached hydrogens (tertiary/aromatic N) is 2. The number of aryl methyl sites for hydroxylation is 4. The van der Waals surface area contributed by atoms with Crippen LogP contribution in [-0.2, 0) is 22.4 Å². The Morgan fingerprint density at radius 3 is 2.31 bits per heavy atom. The van der Waals surface area contributed by atoms with Gasteiger partial charge in [-0.15, -0.1) is 0 Å². The summed E-state index contributed by atoms with van der Waals surface area (Å²) in [5.41, 5.74) is 5.63. The van der Waals surface area contributed by atoms with Crippen LogP contribution in [-0.4, -0.2) is 47.7 Å². The fraction of sp³-hybridized carbons (Fsp3) is 0.500. The first-order chi connectivity index (χ1) is 17.2. The van der Waals surface area contributed by atoms with Crippen LogP contribution in [0.1, 0.15) is 72.1 Å². The summed E-state index contributed by atoms with van der Waals surface area (Å²) < 4.78 is 6.44. The fourth-order valence-electron chi connectivity index (χ4n) is 6.07. The number of piperidine rings is 1. The first kappa shape index (κ1) is 24.5. The van der Waals surface area contributed by atoms with Gasteiger partial charge in [-0.25, -0.2) is 0 Å². The molecule has 3 heterocycles. The quantitative estimate of drug-likeness (QED) is 0.620. The van der Waals surface area contributed by atoms with Crippen molar-refractivity contribution in [2.75, 3.05) is 24.5 Å². The van der Waals surface area contributed by atoms with E-state index in [1.54, 1.807) is 0 Å². The molecule has 2 amide bonds. The van der Waals surface area contributed by atoms with Gasteiger partial charge in [-0.1, -0.05) is 32.0 Å². The zero-order valence-corrected chi connectivity index (χ0v) is 21.9. The minimum atomic E-state index is -0.545. The van der Waals surface area contributed by atoms with Crippen LogP contribution in [0.15, 0.2) is 30.3 Å². The third-order valence-electron chi connectivity index (χ3n) is 8.40. The first-order valence-corrected chi connectivity index (χ1v) is 13.3. The van der Waals surface area contributed by atoms with Crippen molar-refractivity contribution in [2.24, 2.45) is 5.92 Å². The Bertz CT molecular complexity index is 1200. The molecule has 1 spiro atoms. The highest BCUT2D eigenvalue weighted by Crippen LogP contribution is 2.41. The highest BCUT2D eigenvalue weighted by Gasteiger charge is 2.46. The van der Waals surface area contributed by atoms with Crippen molar-refractivity contribution in [1.82, 2.24) is 4.90 Å². The minimum absolute atomic E-state index is 0.0286. The van der Waals surface area contributed by atoms with E-state index in [4.69, 9.17) is 4.74 Å². The number of carbonyl (C=O) groups is 3. The number of Topliss-reactive ketones (excluding diaryl/α,β-unsaturated/α-hetero) is 1. The lowest BCUT2D eigenvalue weighted by molar-refractivity contribution is -0.139. The molecule has 2 saturated heterocycles. The molecular weight excluding hydrogens is 452 g/mol. The van der Waals surface area contributed by atoms with Gasteiger partial charge >= 0.3 is 0 Å². The molecule has 0 saturated carbocycles. The SMILES string of the molecule is CCc1cccc(CC)c1N1CC(C(=O)N2CCC3(CC2)CC(=O)c2cc(C)c(C)cc2O3)CC1=O. The second kappa shape index (κ2) is 9.38. The van der Waals surface area contributed by atoms with Crippen molar-refractivity contribution in [2.45, 2.75) is 71.8 Å². The van der Waals surface area contributed by atoms with Crippen LogP contribution >= 0.6 is 0 Å². The Kier molecular flexibility index (Phi) is 6.39. The van der Waals surface area contributed by atoms with Gasteiger partial charge in [0.05, 0.1) is 17.9 Å². The summed E-state index contributed by atoms with van der Waals surface area (Å²) in [6.07, 6.45) is 3.55. The normalized spacial score (nSPS) is 21.1. The highest BCUT2D eigenvalue weighted by atomic mass is 16.5. The monoisotopic (exact) mass is 488 g/mol. The molecule has 0 N–H and O–H groups in total. The molecule has 36 heavy (non-hydrogen) atoms. The lowest BCUT2D eigenvalue weighted by atomic mass is 9.81. The number of anilines is 1. The fourth-order valence-corrected chi connectivity index (χ4v) is 6.07. The van der Waals surface area contributed by atoms with Crippen LogP contribution < -0.4 is 9.64 Å². The Morgan fingerprint density at radius 1 is 1.03 bits per heavy atom. The average molecular weight is 489 g/mol. The van der Waals surface area contributed by atoms with Crippen LogP contribution in [0.25, 0.3) is 0 Å². The van der Waals surface area contributed by atoms with Crippen molar-refractivity contribution in [3.63, 3.8) is 0 Å². The Labute approximate surface area is 213 Å². The van der Waals surface area contributed by atoms with E-state index >= 15 is 0 Å². The van der Waals surface area contributed by atoms with Crippen molar-refractivity contribution in [1.29, 1.82) is 0 Å². The number of fused-ring (bicyclic) bond motifs is 1.